The van der Waals surface area contributed by atoms with Gasteiger partial charge in [-0.05, 0) is 93.9 Å². The van der Waals surface area contributed by atoms with Gasteiger partial charge in [0.25, 0.3) is 0 Å². The molecule has 0 heterocycles. The molecule has 1 atom stereocenters. The van der Waals surface area contributed by atoms with Crippen molar-refractivity contribution >= 4 is 36.1 Å². The van der Waals surface area contributed by atoms with Gasteiger partial charge in [0.15, 0.2) is 6.10 Å². The van der Waals surface area contributed by atoms with Crippen molar-refractivity contribution in [1.29, 1.82) is 5.41 Å². The molecule has 0 spiro atoms. The fourth-order valence-corrected chi connectivity index (χ4v) is 5.29. The number of benzene rings is 3. The SMILES string of the molecule is C=CC(=O)OCC(COc1ccc(C(=O)Oc2ccc(CCOC(=O)c3ccc(OC(C)(C)CC(C)(C)OC(=O)C=C)cc3)cc2C=N)cc1)OC(=O)C=C. The molecule has 3 aromatic rings. The van der Waals surface area contributed by atoms with Gasteiger partial charge in [0.1, 0.15) is 41.7 Å². The highest BCUT2D eigenvalue weighted by Crippen LogP contribution is 2.29. The zero-order valence-electron chi connectivity index (χ0n) is 31.3. The molecule has 0 saturated heterocycles. The van der Waals surface area contributed by atoms with Crippen molar-refractivity contribution in [1.82, 2.24) is 0 Å². The van der Waals surface area contributed by atoms with E-state index in [2.05, 4.69) is 19.7 Å². The molecular formula is C42H45NO12. The van der Waals surface area contributed by atoms with Gasteiger partial charge < -0.3 is 38.6 Å². The van der Waals surface area contributed by atoms with E-state index >= 15 is 0 Å². The molecule has 290 valence electrons. The maximum Gasteiger partial charge on any atom is 0.343 e. The maximum atomic E-state index is 12.9. The second kappa shape index (κ2) is 20.1. The smallest absolute Gasteiger partial charge is 0.343 e. The van der Waals surface area contributed by atoms with Crippen LogP contribution in [0.2, 0.25) is 0 Å². The summed E-state index contributed by atoms with van der Waals surface area (Å²) in [5.74, 6) is -2.10. The summed E-state index contributed by atoms with van der Waals surface area (Å²) >= 11 is 0. The molecular weight excluding hydrogens is 710 g/mol. The molecule has 0 saturated carbocycles. The average Bonchev–Trinajstić information content (AvgIpc) is 3.15. The summed E-state index contributed by atoms with van der Waals surface area (Å²) in [6.45, 7) is 17.0. The van der Waals surface area contributed by atoms with E-state index in [-0.39, 0.29) is 31.1 Å². The van der Waals surface area contributed by atoms with Crippen molar-refractivity contribution in [2.75, 3.05) is 19.8 Å². The fraction of sp³-hybridized carbons (Fsp3) is 0.286. The van der Waals surface area contributed by atoms with Crippen molar-refractivity contribution < 1.29 is 57.1 Å². The number of esters is 5. The summed E-state index contributed by atoms with van der Waals surface area (Å²) in [7, 11) is 0. The van der Waals surface area contributed by atoms with Gasteiger partial charge in [0.05, 0.1) is 17.7 Å². The van der Waals surface area contributed by atoms with Crippen LogP contribution in [0.4, 0.5) is 0 Å². The first-order valence-corrected chi connectivity index (χ1v) is 17.1. The van der Waals surface area contributed by atoms with Gasteiger partial charge in [-0.2, -0.15) is 0 Å². The normalized spacial score (nSPS) is 11.5. The second-order valence-electron chi connectivity index (χ2n) is 13.2. The Labute approximate surface area is 320 Å². The van der Waals surface area contributed by atoms with Gasteiger partial charge in [-0.25, -0.2) is 24.0 Å². The van der Waals surface area contributed by atoms with Crippen LogP contribution in [0.5, 0.6) is 17.2 Å². The number of rotatable bonds is 21. The summed E-state index contributed by atoms with van der Waals surface area (Å²) in [5.41, 5.74) is 0.138. The van der Waals surface area contributed by atoms with Gasteiger partial charge in [0.2, 0.25) is 0 Å². The van der Waals surface area contributed by atoms with Crippen LogP contribution >= 0.6 is 0 Å². The number of hydrogen-bond acceptors (Lipinski definition) is 13. The third-order valence-corrected chi connectivity index (χ3v) is 7.49. The number of hydrogen-bond donors (Lipinski definition) is 1. The van der Waals surface area contributed by atoms with Crippen LogP contribution in [0.3, 0.4) is 0 Å². The quantitative estimate of drug-likeness (QED) is 0.0408. The van der Waals surface area contributed by atoms with E-state index in [9.17, 15) is 24.0 Å². The lowest BCUT2D eigenvalue weighted by atomic mass is 9.92. The minimum absolute atomic E-state index is 0.0605. The van der Waals surface area contributed by atoms with E-state index in [1.807, 2.05) is 13.8 Å². The van der Waals surface area contributed by atoms with Gasteiger partial charge in [-0.1, -0.05) is 25.8 Å². The first-order valence-electron chi connectivity index (χ1n) is 17.1. The zero-order valence-corrected chi connectivity index (χ0v) is 31.3. The van der Waals surface area contributed by atoms with E-state index in [4.69, 9.17) is 38.6 Å². The minimum atomic E-state index is -0.922. The van der Waals surface area contributed by atoms with E-state index < -0.39 is 47.2 Å². The molecule has 0 aliphatic carbocycles. The van der Waals surface area contributed by atoms with Crippen LogP contribution in [0.25, 0.3) is 0 Å². The van der Waals surface area contributed by atoms with Gasteiger partial charge in [0, 0.05) is 42.8 Å². The van der Waals surface area contributed by atoms with Gasteiger partial charge in [-0.3, -0.25) is 0 Å². The van der Waals surface area contributed by atoms with Crippen LogP contribution in [0.1, 0.15) is 66.0 Å². The Balaban J connectivity index is 1.51. The van der Waals surface area contributed by atoms with Gasteiger partial charge in [-0.15, -0.1) is 0 Å². The molecule has 0 bridgehead atoms. The summed E-state index contributed by atoms with van der Waals surface area (Å²) in [5, 5.41) is 7.84. The van der Waals surface area contributed by atoms with Crippen molar-refractivity contribution in [3.63, 3.8) is 0 Å². The van der Waals surface area contributed by atoms with Crippen LogP contribution in [-0.2, 0) is 39.8 Å². The number of carbonyl (C=O) groups is 5. The highest BCUT2D eigenvalue weighted by molar-refractivity contribution is 5.93. The molecule has 13 heteroatoms. The van der Waals surface area contributed by atoms with E-state index in [1.165, 1.54) is 24.3 Å². The Morgan fingerprint density at radius 1 is 0.709 bits per heavy atom. The van der Waals surface area contributed by atoms with Crippen LogP contribution < -0.4 is 14.2 Å². The predicted molar refractivity (Wildman–Crippen MR) is 203 cm³/mol. The highest BCUT2D eigenvalue weighted by Gasteiger charge is 2.33. The lowest BCUT2D eigenvalue weighted by Gasteiger charge is -2.34. The maximum absolute atomic E-state index is 12.9. The molecule has 1 unspecified atom stereocenters. The van der Waals surface area contributed by atoms with Crippen molar-refractivity contribution in [2.45, 2.75) is 57.8 Å². The monoisotopic (exact) mass is 755 g/mol. The van der Waals surface area contributed by atoms with E-state index in [0.717, 1.165) is 30.0 Å². The first-order chi connectivity index (χ1) is 26.1. The highest BCUT2D eigenvalue weighted by atomic mass is 16.6. The van der Waals surface area contributed by atoms with Crippen LogP contribution in [-0.4, -0.2) is 73.2 Å². The summed E-state index contributed by atoms with van der Waals surface area (Å²) in [4.78, 5) is 60.3. The molecule has 55 heavy (non-hydrogen) atoms. The molecule has 0 radical (unpaired) electrons. The van der Waals surface area contributed by atoms with Gasteiger partial charge >= 0.3 is 29.8 Å². The standard InChI is InChI=1S/C42H45NO12/c1-8-36(44)51-26-34(52-37(45)9-2)25-50-32-16-12-30(13-17-32)40(48)53-35-20-11-28(23-31(35)24-43)21-22-49-39(47)29-14-18-33(19-15-29)54-41(4,5)27-42(6,7)55-38(46)10-3/h8-20,23-24,34,43H,1-3,21-22,25-27H2,4-7H3. The molecule has 13 nitrogen and oxygen atoms in total. The van der Waals surface area contributed by atoms with Crippen LogP contribution in [0, 0.1) is 5.41 Å². The van der Waals surface area contributed by atoms with Crippen molar-refractivity contribution in [3.05, 3.63) is 127 Å². The average molecular weight is 756 g/mol. The lowest BCUT2D eigenvalue weighted by Crippen LogP contribution is -2.40. The Kier molecular flexibility index (Phi) is 15.7. The minimum Gasteiger partial charge on any atom is -0.490 e. The Morgan fingerprint density at radius 2 is 1.31 bits per heavy atom. The Morgan fingerprint density at radius 3 is 1.91 bits per heavy atom. The molecule has 3 rings (SSSR count). The lowest BCUT2D eigenvalue weighted by molar-refractivity contribution is -0.154. The third-order valence-electron chi connectivity index (χ3n) is 7.49. The third kappa shape index (κ3) is 14.4. The summed E-state index contributed by atoms with van der Waals surface area (Å²) < 4.78 is 38.2. The van der Waals surface area contributed by atoms with Crippen molar-refractivity contribution in [2.24, 2.45) is 0 Å². The van der Waals surface area contributed by atoms with E-state index in [1.54, 1.807) is 56.3 Å². The number of nitrogens with one attached hydrogen (secondary N) is 1. The number of carbonyl (C=O) groups excluding carboxylic acids is 5. The molecule has 0 aromatic heterocycles. The molecule has 0 fully saturated rings. The molecule has 3 aromatic carbocycles. The predicted octanol–water partition coefficient (Wildman–Crippen LogP) is 6.56. The second-order valence-corrected chi connectivity index (χ2v) is 13.2. The molecule has 0 amide bonds. The largest absolute Gasteiger partial charge is 0.490 e. The summed E-state index contributed by atoms with van der Waals surface area (Å²) in [6, 6.07) is 17.4. The first kappa shape index (κ1) is 42.9. The molecule has 0 aliphatic rings. The molecule has 1 N–H and O–H groups in total. The topological polar surface area (TPSA) is 174 Å². The van der Waals surface area contributed by atoms with Crippen molar-refractivity contribution in [3.8, 4) is 17.2 Å². The van der Waals surface area contributed by atoms with Crippen LogP contribution in [0.15, 0.2) is 105 Å². The Bertz CT molecular complexity index is 1880. The number of ether oxygens (including phenoxy) is 7. The molecule has 0 aliphatic heterocycles. The van der Waals surface area contributed by atoms with E-state index in [0.29, 0.717) is 35.5 Å². The zero-order chi connectivity index (χ0) is 40.6. The fourth-order valence-electron chi connectivity index (χ4n) is 5.29. The summed E-state index contributed by atoms with van der Waals surface area (Å²) in [6.07, 6.45) is 3.93. The Hall–Kier alpha value is -6.50.